The highest BCUT2D eigenvalue weighted by Crippen LogP contribution is 2.27. The van der Waals surface area contributed by atoms with Crippen LogP contribution in [0.3, 0.4) is 0 Å². The predicted octanol–water partition coefficient (Wildman–Crippen LogP) is 4.54. The zero-order valence-electron chi connectivity index (χ0n) is 16.7. The highest BCUT2D eigenvalue weighted by molar-refractivity contribution is 5.74. The lowest BCUT2D eigenvalue weighted by atomic mass is 10.2. The van der Waals surface area contributed by atoms with Crippen LogP contribution in [-0.2, 0) is 11.3 Å². The fraction of sp³-hybridized carbons (Fsp3) is 0.217. The van der Waals surface area contributed by atoms with E-state index in [1.807, 2.05) is 76.1 Å². The van der Waals surface area contributed by atoms with Gasteiger partial charge >= 0.3 is 0 Å². The quantitative estimate of drug-likeness (QED) is 0.402. The second-order valence-electron chi connectivity index (χ2n) is 7.38. The highest BCUT2D eigenvalue weighted by Gasteiger charge is 2.22. The molecule has 5 rings (SSSR count). The zero-order chi connectivity index (χ0) is 20.3. The lowest BCUT2D eigenvalue weighted by Gasteiger charge is -2.22. The Morgan fingerprint density at radius 3 is 2.00 bits per heavy atom. The molecule has 7 nitrogen and oxygen atoms in total. The third-order valence-corrected chi connectivity index (χ3v) is 5.27. The number of aromatic nitrogens is 6. The summed E-state index contributed by atoms with van der Waals surface area (Å²) in [6.07, 6.45) is 0.378. The lowest BCUT2D eigenvalue weighted by molar-refractivity contribution is -0.0296. The van der Waals surface area contributed by atoms with Gasteiger partial charge in [0, 0.05) is 6.42 Å². The van der Waals surface area contributed by atoms with E-state index in [0.29, 0.717) is 13.0 Å². The van der Waals surface area contributed by atoms with Crippen molar-refractivity contribution < 1.29 is 4.74 Å². The van der Waals surface area contributed by atoms with Gasteiger partial charge in [-0.2, -0.15) is 0 Å². The largest absolute Gasteiger partial charge is 0.352 e. The summed E-state index contributed by atoms with van der Waals surface area (Å²) in [5.41, 5.74) is 4.81. The monoisotopic (exact) mass is 398 g/mol. The molecule has 0 bridgehead atoms. The smallest absolute Gasteiger partial charge is 0.155 e. The first-order valence-electron chi connectivity index (χ1n) is 10.0. The van der Waals surface area contributed by atoms with Crippen molar-refractivity contribution in [2.24, 2.45) is 0 Å². The lowest BCUT2D eigenvalue weighted by Crippen LogP contribution is -2.20. The van der Waals surface area contributed by atoms with Gasteiger partial charge in [0.1, 0.15) is 11.0 Å². The average Bonchev–Trinajstić information content (AvgIpc) is 3.42. The third kappa shape index (κ3) is 3.55. The Labute approximate surface area is 173 Å². The Hall–Kier alpha value is -3.58. The van der Waals surface area contributed by atoms with Crippen LogP contribution in [0.2, 0.25) is 0 Å². The van der Waals surface area contributed by atoms with Crippen molar-refractivity contribution in [2.75, 3.05) is 0 Å². The van der Waals surface area contributed by atoms with Gasteiger partial charge in [-0.1, -0.05) is 65.0 Å². The van der Waals surface area contributed by atoms with Gasteiger partial charge in [0.25, 0.3) is 0 Å². The molecule has 0 fully saturated rings. The van der Waals surface area contributed by atoms with E-state index in [1.165, 1.54) is 0 Å². The van der Waals surface area contributed by atoms with Crippen LogP contribution in [0.15, 0.2) is 78.9 Å². The molecule has 0 unspecified atom stereocenters. The van der Waals surface area contributed by atoms with Crippen molar-refractivity contribution in [3.05, 3.63) is 84.4 Å². The fourth-order valence-electron chi connectivity index (χ4n) is 3.71. The first kappa shape index (κ1) is 18.4. The number of hydrogen-bond acceptors (Lipinski definition) is 5. The molecule has 0 spiro atoms. The van der Waals surface area contributed by atoms with Crippen molar-refractivity contribution in [1.29, 1.82) is 0 Å². The van der Waals surface area contributed by atoms with E-state index in [2.05, 4.69) is 39.7 Å². The summed E-state index contributed by atoms with van der Waals surface area (Å²) in [7, 11) is 0. The van der Waals surface area contributed by atoms with E-state index in [9.17, 15) is 0 Å². The van der Waals surface area contributed by atoms with Crippen LogP contribution in [0.4, 0.5) is 0 Å². The molecule has 0 saturated heterocycles. The van der Waals surface area contributed by atoms with Crippen LogP contribution in [0.5, 0.6) is 0 Å². The van der Waals surface area contributed by atoms with Crippen LogP contribution in [0, 0.1) is 0 Å². The molecule has 3 aromatic carbocycles. The molecule has 7 heteroatoms. The molecule has 2 aromatic heterocycles. The van der Waals surface area contributed by atoms with Crippen LogP contribution >= 0.6 is 0 Å². The number of rotatable bonds is 7. The summed E-state index contributed by atoms with van der Waals surface area (Å²) in [6.45, 7) is 2.61. The van der Waals surface area contributed by atoms with Crippen molar-refractivity contribution in [3.63, 3.8) is 0 Å². The van der Waals surface area contributed by atoms with Gasteiger partial charge < -0.3 is 4.74 Å². The molecule has 0 aliphatic carbocycles. The Morgan fingerprint density at radius 1 is 0.733 bits per heavy atom. The summed E-state index contributed by atoms with van der Waals surface area (Å²) < 4.78 is 10.2. The summed E-state index contributed by atoms with van der Waals surface area (Å²) >= 11 is 0. The first-order valence-corrected chi connectivity index (χ1v) is 10.0. The van der Waals surface area contributed by atoms with Crippen LogP contribution in [0.1, 0.15) is 31.2 Å². The van der Waals surface area contributed by atoms with E-state index in [-0.39, 0.29) is 12.3 Å². The molecule has 0 aliphatic heterocycles. The van der Waals surface area contributed by atoms with Gasteiger partial charge in [0.15, 0.2) is 6.23 Å². The molecule has 0 saturated carbocycles. The molecule has 5 aromatic rings. The fourth-order valence-corrected chi connectivity index (χ4v) is 3.71. The zero-order valence-corrected chi connectivity index (χ0v) is 16.7. The summed E-state index contributed by atoms with van der Waals surface area (Å²) in [6, 6.07) is 26.1. The molecular formula is C23H22N6O. The Morgan fingerprint density at radius 2 is 1.30 bits per heavy atom. The van der Waals surface area contributed by atoms with E-state index in [0.717, 1.165) is 27.6 Å². The summed E-state index contributed by atoms with van der Waals surface area (Å²) in [5, 5.41) is 17.4. The van der Waals surface area contributed by atoms with Crippen LogP contribution in [0.25, 0.3) is 22.1 Å². The van der Waals surface area contributed by atoms with Crippen molar-refractivity contribution in [3.8, 4) is 0 Å². The number of benzene rings is 3. The highest BCUT2D eigenvalue weighted by atomic mass is 16.5. The van der Waals surface area contributed by atoms with E-state index < -0.39 is 0 Å². The van der Waals surface area contributed by atoms with E-state index in [1.54, 1.807) is 0 Å². The molecule has 0 amide bonds. The maximum absolute atomic E-state index is 6.36. The van der Waals surface area contributed by atoms with Crippen LogP contribution in [-0.4, -0.2) is 30.0 Å². The minimum Gasteiger partial charge on any atom is -0.352 e. The van der Waals surface area contributed by atoms with Gasteiger partial charge in [0.2, 0.25) is 0 Å². The number of para-hydroxylation sites is 2. The van der Waals surface area contributed by atoms with Crippen molar-refractivity contribution in [1.82, 2.24) is 30.0 Å². The van der Waals surface area contributed by atoms with Crippen molar-refractivity contribution in [2.45, 2.75) is 32.2 Å². The number of nitrogens with zero attached hydrogens (tertiary/aromatic N) is 6. The maximum atomic E-state index is 6.36. The SMILES string of the molecule is C[C@@H](C[C@@H](OCc1ccccc1)n1nnc2ccccc21)n1nnc2ccccc21. The molecule has 150 valence electrons. The normalized spacial score (nSPS) is 13.6. The second-order valence-corrected chi connectivity index (χ2v) is 7.38. The number of ether oxygens (including phenoxy) is 1. The molecule has 2 atom stereocenters. The van der Waals surface area contributed by atoms with E-state index in [4.69, 9.17) is 4.74 Å². The maximum Gasteiger partial charge on any atom is 0.155 e. The standard InChI is InChI=1S/C23H22N6O/c1-17(28-21-13-7-5-11-19(21)24-26-28)15-23(30-16-18-9-3-2-4-10-18)29-22-14-8-6-12-20(22)25-27-29/h2-14,17,23H,15-16H2,1H3/t17-,23+/m0/s1. The van der Waals surface area contributed by atoms with Gasteiger partial charge in [-0.15, -0.1) is 10.2 Å². The molecule has 0 N–H and O–H groups in total. The average molecular weight is 398 g/mol. The second kappa shape index (κ2) is 8.04. The minimum atomic E-state index is -0.296. The van der Waals surface area contributed by atoms with Gasteiger partial charge in [-0.05, 0) is 36.8 Å². The van der Waals surface area contributed by atoms with Gasteiger partial charge in [-0.3, -0.25) is 0 Å². The molecular weight excluding hydrogens is 376 g/mol. The van der Waals surface area contributed by atoms with Gasteiger partial charge in [0.05, 0.1) is 23.7 Å². The topological polar surface area (TPSA) is 70.7 Å². The Bertz CT molecular complexity index is 1260. The minimum absolute atomic E-state index is 0.0566. The summed E-state index contributed by atoms with van der Waals surface area (Å²) in [4.78, 5) is 0. The molecule has 0 aliphatic rings. The van der Waals surface area contributed by atoms with Gasteiger partial charge in [-0.25, -0.2) is 9.36 Å². The summed E-state index contributed by atoms with van der Waals surface area (Å²) in [5.74, 6) is 0. The molecule has 2 heterocycles. The first-order chi connectivity index (χ1) is 14.8. The predicted molar refractivity (Wildman–Crippen MR) is 115 cm³/mol. The molecule has 30 heavy (non-hydrogen) atoms. The molecule has 0 radical (unpaired) electrons. The Kier molecular flexibility index (Phi) is 4.94. The van der Waals surface area contributed by atoms with E-state index >= 15 is 0 Å². The van der Waals surface area contributed by atoms with Crippen LogP contribution < -0.4 is 0 Å². The Balaban J connectivity index is 1.45. The number of fused-ring (bicyclic) bond motifs is 2. The van der Waals surface area contributed by atoms with Crippen molar-refractivity contribution >= 4 is 22.1 Å². The third-order valence-electron chi connectivity index (χ3n) is 5.27. The number of hydrogen-bond donors (Lipinski definition) is 0.